The molecule has 1 amide bonds. The van der Waals surface area contributed by atoms with Crippen LogP contribution in [0.15, 0.2) is 30.5 Å². The molecule has 0 spiro atoms. The summed E-state index contributed by atoms with van der Waals surface area (Å²) in [6.07, 6.45) is 3.75. The number of fused-ring (bicyclic) bond motifs is 1. The average Bonchev–Trinajstić information content (AvgIpc) is 2.79. The third kappa shape index (κ3) is 3.42. The largest absolute Gasteiger partial charge is 0.548 e. The number of benzene rings is 1. The Hall–Kier alpha value is -1.75. The number of nitrogens with zero attached hydrogens (tertiary/aromatic N) is 1. The van der Waals surface area contributed by atoms with Gasteiger partial charge in [-0.25, -0.2) is 0 Å². The van der Waals surface area contributed by atoms with E-state index in [9.17, 15) is 4.79 Å². The van der Waals surface area contributed by atoms with Crippen LogP contribution in [0.4, 0.5) is 5.69 Å². The Morgan fingerprint density at radius 2 is 1.63 bits per heavy atom. The molecule has 1 heterocycles. The molecule has 1 aromatic rings. The van der Waals surface area contributed by atoms with Gasteiger partial charge < -0.3 is 14.1 Å². The predicted molar refractivity (Wildman–Crippen MR) is 115 cm³/mol. The molecule has 0 N–H and O–H groups in total. The summed E-state index contributed by atoms with van der Waals surface area (Å²) in [5.74, 6) is 0.809. The number of likely N-dealkylation sites (N-methyl/N-ethyl adjacent to an activating group) is 1. The van der Waals surface area contributed by atoms with Gasteiger partial charge in [0.2, 0.25) is 5.91 Å². The Balaban J connectivity index is 2.42. The van der Waals surface area contributed by atoms with Gasteiger partial charge in [-0.05, 0) is 53.4 Å². The summed E-state index contributed by atoms with van der Waals surface area (Å²) in [4.78, 5) is 14.7. The highest BCUT2D eigenvalue weighted by molar-refractivity contribution is 6.77. The van der Waals surface area contributed by atoms with E-state index in [0.717, 1.165) is 17.0 Å². The van der Waals surface area contributed by atoms with Gasteiger partial charge in [0.1, 0.15) is 5.75 Å². The molecule has 0 aliphatic carbocycles. The predicted octanol–water partition coefficient (Wildman–Crippen LogP) is 5.64. The fourth-order valence-corrected chi connectivity index (χ4v) is 9.90. The molecule has 1 aromatic carbocycles. The Labute approximate surface area is 165 Å². The molecular weight excluding hydrogens is 354 g/mol. The summed E-state index contributed by atoms with van der Waals surface area (Å²) in [5, 5.41) is 0. The van der Waals surface area contributed by atoms with E-state index in [0.29, 0.717) is 16.6 Å². The molecule has 0 fully saturated rings. The Morgan fingerprint density at radius 3 is 2.11 bits per heavy atom. The highest BCUT2D eigenvalue weighted by atomic mass is 28.4. The van der Waals surface area contributed by atoms with Crippen molar-refractivity contribution in [2.45, 2.75) is 70.5 Å². The van der Waals surface area contributed by atoms with Gasteiger partial charge in [-0.3, -0.25) is 4.79 Å². The number of methoxy groups -OCH3 is 1. The summed E-state index contributed by atoms with van der Waals surface area (Å²) in [7, 11) is 1.45. The lowest BCUT2D eigenvalue weighted by molar-refractivity contribution is -0.120. The number of anilines is 1. The van der Waals surface area contributed by atoms with Gasteiger partial charge in [0.05, 0.1) is 18.8 Å². The maximum Gasteiger partial charge on any atom is 0.257 e. The van der Waals surface area contributed by atoms with Crippen molar-refractivity contribution in [1.29, 1.82) is 0 Å². The van der Waals surface area contributed by atoms with Gasteiger partial charge >= 0.3 is 0 Å². The molecular formula is C22H35NO3Si. The number of carbonyl (C=O) groups excluding carboxylic acids is 1. The van der Waals surface area contributed by atoms with Crippen LogP contribution in [0.3, 0.4) is 0 Å². The molecule has 27 heavy (non-hydrogen) atoms. The van der Waals surface area contributed by atoms with E-state index in [1.165, 1.54) is 0 Å². The van der Waals surface area contributed by atoms with Crippen LogP contribution in [0, 0.1) is 0 Å². The van der Waals surface area contributed by atoms with Crippen LogP contribution in [-0.2, 0) is 14.6 Å². The second kappa shape index (κ2) is 7.70. The lowest BCUT2D eigenvalue weighted by Gasteiger charge is -2.41. The van der Waals surface area contributed by atoms with E-state index < -0.39 is 13.7 Å². The van der Waals surface area contributed by atoms with Crippen LogP contribution in [0.5, 0.6) is 5.75 Å². The summed E-state index contributed by atoms with van der Waals surface area (Å²) in [5.41, 5.74) is 2.61. The van der Waals surface area contributed by atoms with E-state index in [1.807, 2.05) is 44.5 Å². The monoisotopic (exact) mass is 389 g/mol. The minimum atomic E-state index is -2.02. The fourth-order valence-electron chi connectivity index (χ4n) is 4.78. The zero-order valence-corrected chi connectivity index (χ0v) is 19.3. The number of carbonyl (C=O) groups is 1. The first-order chi connectivity index (χ1) is 12.5. The lowest BCUT2D eigenvalue weighted by Crippen LogP contribution is -2.46. The number of amides is 1. The maximum atomic E-state index is 13.0. The molecule has 0 unspecified atom stereocenters. The summed E-state index contributed by atoms with van der Waals surface area (Å²) >= 11 is 0. The van der Waals surface area contributed by atoms with Gasteiger partial charge in [-0.1, -0.05) is 41.5 Å². The van der Waals surface area contributed by atoms with E-state index >= 15 is 0 Å². The summed E-state index contributed by atoms with van der Waals surface area (Å²) in [6.45, 7) is 15.5. The molecule has 5 heteroatoms. The highest BCUT2D eigenvalue weighted by Crippen LogP contribution is 2.45. The van der Waals surface area contributed by atoms with Crippen LogP contribution in [0.2, 0.25) is 16.6 Å². The van der Waals surface area contributed by atoms with Crippen molar-refractivity contribution in [3.8, 4) is 5.75 Å². The third-order valence-electron chi connectivity index (χ3n) is 6.25. The van der Waals surface area contributed by atoms with Gasteiger partial charge in [-0.15, -0.1) is 0 Å². The van der Waals surface area contributed by atoms with Crippen molar-refractivity contribution >= 4 is 19.9 Å². The van der Waals surface area contributed by atoms with Crippen molar-refractivity contribution in [3.05, 3.63) is 36.1 Å². The lowest BCUT2D eigenvalue weighted by atomic mass is 9.84. The normalized spacial score (nSPS) is 20.3. The van der Waals surface area contributed by atoms with Crippen molar-refractivity contribution in [2.24, 2.45) is 0 Å². The zero-order valence-electron chi connectivity index (χ0n) is 18.3. The molecule has 0 aromatic heterocycles. The number of hydrogen-bond acceptors (Lipinski definition) is 3. The topological polar surface area (TPSA) is 38.8 Å². The van der Waals surface area contributed by atoms with Gasteiger partial charge in [0, 0.05) is 12.7 Å². The second-order valence-electron chi connectivity index (χ2n) is 8.69. The molecule has 0 radical (unpaired) electrons. The summed E-state index contributed by atoms with van der Waals surface area (Å²) in [6, 6.07) is 5.79. The Bertz CT molecular complexity index is 704. The molecule has 1 aliphatic rings. The number of rotatable bonds is 7. The SMILES string of the molecule is COc1ccc2c(c1)[C@](C)(/C=C/O[Si](C(C)C)(C(C)C)C(C)C)C(=O)N2C. The molecule has 1 atom stereocenters. The molecule has 0 saturated carbocycles. The molecule has 0 bridgehead atoms. The highest BCUT2D eigenvalue weighted by Gasteiger charge is 2.47. The van der Waals surface area contributed by atoms with Gasteiger partial charge in [0.25, 0.3) is 8.32 Å². The quantitative estimate of drug-likeness (QED) is 0.448. The molecule has 4 nitrogen and oxygen atoms in total. The number of hydrogen-bond donors (Lipinski definition) is 0. The first kappa shape index (κ1) is 21.5. The van der Waals surface area contributed by atoms with E-state index in [-0.39, 0.29) is 5.91 Å². The molecule has 1 aliphatic heterocycles. The van der Waals surface area contributed by atoms with E-state index in [1.54, 1.807) is 12.0 Å². The van der Waals surface area contributed by atoms with Crippen molar-refractivity contribution in [2.75, 3.05) is 19.1 Å². The Kier molecular flexibility index (Phi) is 6.15. The molecule has 150 valence electrons. The van der Waals surface area contributed by atoms with Gasteiger partial charge in [-0.2, -0.15) is 0 Å². The van der Waals surface area contributed by atoms with Crippen LogP contribution in [0.25, 0.3) is 0 Å². The standard InChI is InChI=1S/C22H35NO3Si/c1-15(2)27(16(3)4,17(5)6)26-13-12-22(7)19-14-18(25-9)10-11-20(19)23(8)21(22)24/h10-17H,1-9H3/b13-12+/t22-/m0/s1. The second-order valence-corrected chi connectivity index (χ2v) is 14.1. The minimum Gasteiger partial charge on any atom is -0.548 e. The average molecular weight is 390 g/mol. The summed E-state index contributed by atoms with van der Waals surface area (Å²) < 4.78 is 11.9. The van der Waals surface area contributed by atoms with Crippen LogP contribution in [-0.4, -0.2) is 28.4 Å². The zero-order chi connectivity index (χ0) is 20.6. The van der Waals surface area contributed by atoms with Gasteiger partial charge in [0.15, 0.2) is 0 Å². The van der Waals surface area contributed by atoms with E-state index in [4.69, 9.17) is 9.16 Å². The third-order valence-corrected chi connectivity index (χ3v) is 12.2. The first-order valence-electron chi connectivity index (χ1n) is 9.84. The minimum absolute atomic E-state index is 0.0523. The van der Waals surface area contributed by atoms with Crippen LogP contribution < -0.4 is 9.64 Å². The van der Waals surface area contributed by atoms with Crippen LogP contribution >= 0.6 is 0 Å². The van der Waals surface area contributed by atoms with E-state index in [2.05, 4.69) is 41.5 Å². The van der Waals surface area contributed by atoms with Crippen molar-refractivity contribution in [1.82, 2.24) is 0 Å². The Morgan fingerprint density at radius 1 is 1.07 bits per heavy atom. The fraction of sp³-hybridized carbons (Fsp3) is 0.591. The maximum absolute atomic E-state index is 13.0. The number of ether oxygens (including phenoxy) is 1. The smallest absolute Gasteiger partial charge is 0.257 e. The first-order valence-corrected chi connectivity index (χ1v) is 12.0. The van der Waals surface area contributed by atoms with Crippen molar-refractivity contribution < 1.29 is 14.0 Å². The van der Waals surface area contributed by atoms with Crippen LogP contribution in [0.1, 0.15) is 54.0 Å². The molecule has 2 rings (SSSR count). The molecule has 0 saturated heterocycles. The van der Waals surface area contributed by atoms with Crippen molar-refractivity contribution in [3.63, 3.8) is 0 Å².